The lowest BCUT2D eigenvalue weighted by atomic mass is 9.93. The monoisotopic (exact) mass is 339 g/mol. The van der Waals surface area contributed by atoms with Crippen LogP contribution in [0.1, 0.15) is 46.6 Å². The fourth-order valence-electron chi connectivity index (χ4n) is 3.02. The Hall–Kier alpha value is -2.62. The number of hydrogen-bond acceptors (Lipinski definition) is 4. The van der Waals surface area contributed by atoms with Crippen LogP contribution in [0.3, 0.4) is 0 Å². The third-order valence-electron chi connectivity index (χ3n) is 4.25. The van der Waals surface area contributed by atoms with E-state index in [2.05, 4.69) is 32.0 Å². The fourth-order valence-corrected chi connectivity index (χ4v) is 3.02. The fraction of sp³-hybridized carbons (Fsp3) is 0.333. The molecular formula is C21H25NO3. The van der Waals surface area contributed by atoms with Crippen molar-refractivity contribution in [3.63, 3.8) is 0 Å². The van der Waals surface area contributed by atoms with E-state index in [9.17, 15) is 4.79 Å². The third-order valence-corrected chi connectivity index (χ3v) is 4.25. The highest BCUT2D eigenvalue weighted by Crippen LogP contribution is 2.30. The van der Waals surface area contributed by atoms with Crippen molar-refractivity contribution in [2.45, 2.75) is 33.6 Å². The maximum absolute atomic E-state index is 12.2. The normalized spacial score (nSPS) is 10.9. The molecule has 0 aliphatic heterocycles. The average molecular weight is 339 g/mol. The molecule has 4 nitrogen and oxygen atoms in total. The molecule has 4 heteroatoms. The predicted octanol–water partition coefficient (Wildman–Crippen LogP) is 4.59. The molecule has 0 N–H and O–H groups in total. The van der Waals surface area contributed by atoms with Gasteiger partial charge in [0.15, 0.2) is 0 Å². The van der Waals surface area contributed by atoms with Crippen molar-refractivity contribution >= 4 is 12.0 Å². The Bertz CT molecular complexity index is 772. The van der Waals surface area contributed by atoms with E-state index in [1.165, 1.54) is 24.5 Å². The van der Waals surface area contributed by atoms with Gasteiger partial charge in [-0.2, -0.15) is 0 Å². The Morgan fingerprint density at radius 3 is 2.32 bits per heavy atom. The van der Waals surface area contributed by atoms with Gasteiger partial charge in [0.05, 0.1) is 37.4 Å². The van der Waals surface area contributed by atoms with Gasteiger partial charge >= 0.3 is 5.97 Å². The minimum atomic E-state index is -0.396. The molecule has 0 spiro atoms. The quantitative estimate of drug-likeness (QED) is 0.571. The van der Waals surface area contributed by atoms with Crippen LogP contribution in [0.25, 0.3) is 17.3 Å². The molecule has 0 amide bonds. The summed E-state index contributed by atoms with van der Waals surface area (Å²) >= 11 is 0. The molecule has 1 heterocycles. The van der Waals surface area contributed by atoms with E-state index in [4.69, 9.17) is 14.5 Å². The van der Waals surface area contributed by atoms with E-state index in [-0.39, 0.29) is 0 Å². The van der Waals surface area contributed by atoms with E-state index >= 15 is 0 Å². The van der Waals surface area contributed by atoms with Crippen LogP contribution in [0, 0.1) is 6.92 Å². The summed E-state index contributed by atoms with van der Waals surface area (Å²) in [6.07, 6.45) is 5.06. The Kier molecular flexibility index (Phi) is 6.34. The summed E-state index contributed by atoms with van der Waals surface area (Å²) < 4.78 is 9.94. The van der Waals surface area contributed by atoms with E-state index in [0.29, 0.717) is 11.3 Å². The van der Waals surface area contributed by atoms with Gasteiger partial charge < -0.3 is 9.47 Å². The summed E-state index contributed by atoms with van der Waals surface area (Å²) in [5.74, 6) is -0.396. The van der Waals surface area contributed by atoms with Crippen LogP contribution in [0.2, 0.25) is 0 Å². The number of methoxy groups -OCH3 is 2. The first-order valence-corrected chi connectivity index (χ1v) is 8.47. The number of aryl methyl sites for hydroxylation is 3. The lowest BCUT2D eigenvalue weighted by Crippen LogP contribution is -2.09. The lowest BCUT2D eigenvalue weighted by molar-refractivity contribution is 0.0599. The molecule has 0 atom stereocenters. The van der Waals surface area contributed by atoms with Gasteiger partial charge in [0, 0.05) is 5.56 Å². The first kappa shape index (κ1) is 18.7. The Morgan fingerprint density at radius 2 is 1.80 bits per heavy atom. The molecule has 0 bridgehead atoms. The van der Waals surface area contributed by atoms with Gasteiger partial charge in [0.25, 0.3) is 0 Å². The highest BCUT2D eigenvalue weighted by atomic mass is 16.5. The summed E-state index contributed by atoms with van der Waals surface area (Å²) in [4.78, 5) is 16.9. The summed E-state index contributed by atoms with van der Waals surface area (Å²) in [7, 11) is 2.94. The Morgan fingerprint density at radius 1 is 1.16 bits per heavy atom. The summed E-state index contributed by atoms with van der Waals surface area (Å²) in [5.41, 5.74) is 6.37. The Labute approximate surface area is 149 Å². The molecule has 0 fully saturated rings. The van der Waals surface area contributed by atoms with Crippen LogP contribution in [0.5, 0.6) is 0 Å². The number of esters is 1. The number of carbonyl (C=O) groups is 1. The maximum atomic E-state index is 12.2. The lowest BCUT2D eigenvalue weighted by Gasteiger charge is -2.16. The van der Waals surface area contributed by atoms with Crippen molar-refractivity contribution < 1.29 is 14.3 Å². The summed E-state index contributed by atoms with van der Waals surface area (Å²) in [5, 5.41) is 0. The van der Waals surface area contributed by atoms with Crippen molar-refractivity contribution in [1.82, 2.24) is 4.98 Å². The zero-order valence-corrected chi connectivity index (χ0v) is 15.6. The number of ether oxygens (including phenoxy) is 2. The zero-order valence-electron chi connectivity index (χ0n) is 15.6. The average Bonchev–Trinajstić information content (AvgIpc) is 2.64. The highest BCUT2D eigenvalue weighted by molar-refractivity contribution is 5.95. The van der Waals surface area contributed by atoms with Crippen LogP contribution < -0.4 is 0 Å². The summed E-state index contributed by atoms with van der Waals surface area (Å²) in [6, 6.07) is 8.31. The first-order chi connectivity index (χ1) is 12.1. The molecule has 0 radical (unpaired) electrons. The maximum Gasteiger partial charge on any atom is 0.340 e. The smallest absolute Gasteiger partial charge is 0.340 e. The number of rotatable bonds is 6. The van der Waals surface area contributed by atoms with Crippen molar-refractivity contribution in [3.8, 4) is 11.3 Å². The number of pyridine rings is 1. The molecule has 0 saturated heterocycles. The molecule has 2 aromatic rings. The number of benzene rings is 1. The molecule has 0 unspecified atom stereocenters. The van der Waals surface area contributed by atoms with Crippen LogP contribution in [-0.4, -0.2) is 25.2 Å². The van der Waals surface area contributed by atoms with E-state index in [1.54, 1.807) is 13.2 Å². The zero-order chi connectivity index (χ0) is 18.4. The van der Waals surface area contributed by atoms with Gasteiger partial charge in [-0.15, -0.1) is 0 Å². The van der Waals surface area contributed by atoms with Gasteiger partial charge in [0.2, 0.25) is 0 Å². The second-order valence-electron chi connectivity index (χ2n) is 5.77. The number of nitrogens with zero attached hydrogens (tertiary/aromatic N) is 1. The second kappa shape index (κ2) is 8.47. The molecule has 0 saturated carbocycles. The van der Waals surface area contributed by atoms with E-state index in [0.717, 1.165) is 29.7 Å². The highest BCUT2D eigenvalue weighted by Gasteiger charge is 2.19. The number of hydrogen-bond donors (Lipinski definition) is 0. The van der Waals surface area contributed by atoms with Crippen LogP contribution in [-0.2, 0) is 22.3 Å². The van der Waals surface area contributed by atoms with Crippen molar-refractivity contribution in [1.29, 1.82) is 0 Å². The standard InChI is InChI=1S/C21H25NO3/c1-6-15-9-8-10-16(7-2)20(15)18-13-14(3)19(21(23)25-5)17(22-18)11-12-24-4/h8-13H,6-7H2,1-5H3. The molecule has 1 aromatic carbocycles. The third kappa shape index (κ3) is 3.90. The Balaban J connectivity index is 2.75. The molecule has 0 aliphatic carbocycles. The van der Waals surface area contributed by atoms with Crippen LogP contribution in [0.4, 0.5) is 0 Å². The molecular weight excluding hydrogens is 314 g/mol. The second-order valence-corrected chi connectivity index (χ2v) is 5.77. The van der Waals surface area contributed by atoms with Gasteiger partial charge in [0.1, 0.15) is 0 Å². The van der Waals surface area contributed by atoms with Crippen LogP contribution >= 0.6 is 0 Å². The van der Waals surface area contributed by atoms with Gasteiger partial charge in [-0.05, 0) is 48.6 Å². The van der Waals surface area contributed by atoms with E-state index < -0.39 is 5.97 Å². The molecule has 1 aromatic heterocycles. The van der Waals surface area contributed by atoms with Crippen molar-refractivity contribution in [2.75, 3.05) is 14.2 Å². The topological polar surface area (TPSA) is 48.4 Å². The van der Waals surface area contributed by atoms with Crippen molar-refractivity contribution in [3.05, 3.63) is 58.5 Å². The number of carbonyl (C=O) groups excluding carboxylic acids is 1. The SMILES string of the molecule is CCc1cccc(CC)c1-c1cc(C)c(C(=O)OC)c(C=COC)n1. The van der Waals surface area contributed by atoms with Crippen molar-refractivity contribution in [2.24, 2.45) is 0 Å². The van der Waals surface area contributed by atoms with Gasteiger partial charge in [-0.3, -0.25) is 0 Å². The molecule has 132 valence electrons. The van der Waals surface area contributed by atoms with Gasteiger partial charge in [-0.25, -0.2) is 9.78 Å². The van der Waals surface area contributed by atoms with Gasteiger partial charge in [-0.1, -0.05) is 32.0 Å². The summed E-state index contributed by atoms with van der Waals surface area (Å²) in [6.45, 7) is 6.18. The molecule has 2 rings (SSSR count). The van der Waals surface area contributed by atoms with Crippen LogP contribution in [0.15, 0.2) is 30.5 Å². The first-order valence-electron chi connectivity index (χ1n) is 8.47. The van der Waals surface area contributed by atoms with E-state index in [1.807, 2.05) is 13.0 Å². The minimum absolute atomic E-state index is 0.396. The predicted molar refractivity (Wildman–Crippen MR) is 101 cm³/mol. The molecule has 25 heavy (non-hydrogen) atoms. The molecule has 0 aliphatic rings. The minimum Gasteiger partial charge on any atom is -0.504 e. The number of aromatic nitrogens is 1. The largest absolute Gasteiger partial charge is 0.504 e.